The highest BCUT2D eigenvalue weighted by Crippen LogP contribution is 2.27. The maximum Gasteiger partial charge on any atom is 0.101 e. The van der Waals surface area contributed by atoms with Gasteiger partial charge in [-0.1, -0.05) is 18.6 Å². The minimum Gasteiger partial charge on any atom is -0.369 e. The standard InChI is InChI=1S/C16H21N3/c17-12-14-6-2-3-7-16(14)19-11-8-15(13-19)18-9-4-1-5-10-18/h2-3,6-7,15H,1,4-5,8-11,13H2. The van der Waals surface area contributed by atoms with Crippen molar-refractivity contribution >= 4 is 5.69 Å². The molecule has 3 nitrogen and oxygen atoms in total. The molecule has 0 aliphatic carbocycles. The zero-order chi connectivity index (χ0) is 13.1. The van der Waals surface area contributed by atoms with Crippen LogP contribution in [0.4, 0.5) is 5.69 Å². The number of hydrogen-bond acceptors (Lipinski definition) is 3. The van der Waals surface area contributed by atoms with E-state index in [1.54, 1.807) is 0 Å². The van der Waals surface area contributed by atoms with E-state index in [0.29, 0.717) is 6.04 Å². The van der Waals surface area contributed by atoms with Crippen LogP contribution >= 0.6 is 0 Å². The van der Waals surface area contributed by atoms with E-state index in [0.717, 1.165) is 24.3 Å². The molecule has 0 radical (unpaired) electrons. The zero-order valence-electron chi connectivity index (χ0n) is 11.4. The van der Waals surface area contributed by atoms with Gasteiger partial charge in [0.15, 0.2) is 0 Å². The van der Waals surface area contributed by atoms with Crippen LogP contribution in [0.5, 0.6) is 0 Å². The molecule has 1 atom stereocenters. The maximum atomic E-state index is 9.21. The minimum absolute atomic E-state index is 0.687. The predicted molar refractivity (Wildman–Crippen MR) is 77.2 cm³/mol. The molecule has 1 aromatic rings. The SMILES string of the molecule is N#Cc1ccccc1N1CCC(N2CCCCC2)C1. The molecule has 0 aromatic heterocycles. The maximum absolute atomic E-state index is 9.21. The molecule has 2 fully saturated rings. The summed E-state index contributed by atoms with van der Waals surface area (Å²) in [5, 5.41) is 9.21. The van der Waals surface area contributed by atoms with Crippen LogP contribution < -0.4 is 4.90 Å². The lowest BCUT2D eigenvalue weighted by Gasteiger charge is -2.32. The smallest absolute Gasteiger partial charge is 0.101 e. The van der Waals surface area contributed by atoms with Gasteiger partial charge in [-0.05, 0) is 44.5 Å². The molecule has 3 heteroatoms. The molecule has 0 bridgehead atoms. The summed E-state index contributed by atoms with van der Waals surface area (Å²) < 4.78 is 0. The summed E-state index contributed by atoms with van der Waals surface area (Å²) in [6.07, 6.45) is 5.33. The Bertz CT molecular complexity index is 471. The summed E-state index contributed by atoms with van der Waals surface area (Å²) >= 11 is 0. The molecular weight excluding hydrogens is 234 g/mol. The van der Waals surface area contributed by atoms with E-state index in [1.807, 2.05) is 18.2 Å². The van der Waals surface area contributed by atoms with E-state index in [9.17, 15) is 5.26 Å². The number of para-hydroxylation sites is 1. The average Bonchev–Trinajstić information content (AvgIpc) is 2.98. The third kappa shape index (κ3) is 2.59. The molecule has 2 aliphatic rings. The monoisotopic (exact) mass is 255 g/mol. The second-order valence-electron chi connectivity index (χ2n) is 5.61. The lowest BCUT2D eigenvalue weighted by Crippen LogP contribution is -2.40. The van der Waals surface area contributed by atoms with Gasteiger partial charge in [0.1, 0.15) is 6.07 Å². The second kappa shape index (κ2) is 5.63. The van der Waals surface area contributed by atoms with Crippen LogP contribution in [0.25, 0.3) is 0 Å². The number of hydrogen-bond donors (Lipinski definition) is 0. The Morgan fingerprint density at radius 3 is 2.63 bits per heavy atom. The van der Waals surface area contributed by atoms with Gasteiger partial charge in [0.25, 0.3) is 0 Å². The summed E-state index contributed by atoms with van der Waals surface area (Å²) in [7, 11) is 0. The largest absolute Gasteiger partial charge is 0.369 e. The number of piperidine rings is 1. The topological polar surface area (TPSA) is 30.3 Å². The molecule has 3 rings (SSSR count). The highest BCUT2D eigenvalue weighted by Gasteiger charge is 2.29. The van der Waals surface area contributed by atoms with E-state index in [2.05, 4.69) is 21.9 Å². The number of benzene rings is 1. The van der Waals surface area contributed by atoms with Crippen molar-refractivity contribution in [2.75, 3.05) is 31.1 Å². The van der Waals surface area contributed by atoms with Crippen molar-refractivity contribution in [3.63, 3.8) is 0 Å². The van der Waals surface area contributed by atoms with E-state index in [-0.39, 0.29) is 0 Å². The van der Waals surface area contributed by atoms with Crippen LogP contribution in [0.2, 0.25) is 0 Å². The molecule has 0 amide bonds. The quantitative estimate of drug-likeness (QED) is 0.814. The van der Waals surface area contributed by atoms with Crippen LogP contribution in [0.1, 0.15) is 31.2 Å². The Morgan fingerprint density at radius 1 is 1.05 bits per heavy atom. The zero-order valence-corrected chi connectivity index (χ0v) is 11.4. The first-order chi connectivity index (χ1) is 9.38. The summed E-state index contributed by atoms with van der Waals surface area (Å²) in [6, 6.07) is 11.0. The van der Waals surface area contributed by atoms with Crippen molar-refractivity contribution in [1.29, 1.82) is 5.26 Å². The van der Waals surface area contributed by atoms with Crippen LogP contribution in [-0.4, -0.2) is 37.1 Å². The minimum atomic E-state index is 0.687. The molecule has 1 unspecified atom stereocenters. The third-order valence-corrected chi connectivity index (χ3v) is 4.44. The van der Waals surface area contributed by atoms with Crippen molar-refractivity contribution in [2.24, 2.45) is 0 Å². The van der Waals surface area contributed by atoms with Crippen molar-refractivity contribution in [1.82, 2.24) is 4.90 Å². The van der Waals surface area contributed by atoms with Crippen LogP contribution in [0.3, 0.4) is 0 Å². The summed E-state index contributed by atoms with van der Waals surface area (Å²) in [4.78, 5) is 5.04. The van der Waals surface area contributed by atoms with Gasteiger partial charge in [0, 0.05) is 19.1 Å². The Morgan fingerprint density at radius 2 is 1.84 bits per heavy atom. The van der Waals surface area contributed by atoms with Gasteiger partial charge in [0.05, 0.1) is 11.3 Å². The average molecular weight is 255 g/mol. The molecule has 2 saturated heterocycles. The first kappa shape index (κ1) is 12.5. The van der Waals surface area contributed by atoms with Crippen molar-refractivity contribution in [2.45, 2.75) is 31.7 Å². The number of nitrogens with zero attached hydrogens (tertiary/aromatic N) is 3. The van der Waals surface area contributed by atoms with Gasteiger partial charge in [0.2, 0.25) is 0 Å². The molecule has 2 heterocycles. The van der Waals surface area contributed by atoms with Crippen LogP contribution in [0.15, 0.2) is 24.3 Å². The summed E-state index contributed by atoms with van der Waals surface area (Å²) in [5.74, 6) is 0. The van der Waals surface area contributed by atoms with E-state index < -0.39 is 0 Å². The fourth-order valence-electron chi connectivity index (χ4n) is 3.39. The lowest BCUT2D eigenvalue weighted by molar-refractivity contribution is 0.175. The Balaban J connectivity index is 1.70. The van der Waals surface area contributed by atoms with E-state index in [1.165, 1.54) is 38.8 Å². The number of nitriles is 1. The Labute approximate surface area is 115 Å². The third-order valence-electron chi connectivity index (χ3n) is 4.44. The summed E-state index contributed by atoms with van der Waals surface area (Å²) in [6.45, 7) is 4.69. The van der Waals surface area contributed by atoms with Crippen LogP contribution in [0, 0.1) is 11.3 Å². The molecule has 19 heavy (non-hydrogen) atoms. The second-order valence-corrected chi connectivity index (χ2v) is 5.61. The molecule has 0 N–H and O–H groups in total. The van der Waals surface area contributed by atoms with Gasteiger partial charge < -0.3 is 4.90 Å². The van der Waals surface area contributed by atoms with Gasteiger partial charge in [-0.15, -0.1) is 0 Å². The lowest BCUT2D eigenvalue weighted by atomic mass is 10.1. The number of anilines is 1. The van der Waals surface area contributed by atoms with Crippen molar-refractivity contribution < 1.29 is 0 Å². The first-order valence-electron chi connectivity index (χ1n) is 7.36. The predicted octanol–water partition coefficient (Wildman–Crippen LogP) is 2.62. The number of rotatable bonds is 2. The molecule has 0 saturated carbocycles. The van der Waals surface area contributed by atoms with Crippen molar-refractivity contribution in [3.8, 4) is 6.07 Å². The molecule has 100 valence electrons. The van der Waals surface area contributed by atoms with Gasteiger partial charge in [-0.25, -0.2) is 0 Å². The van der Waals surface area contributed by atoms with Gasteiger partial charge in [-0.3, -0.25) is 4.90 Å². The molecule has 1 aromatic carbocycles. The van der Waals surface area contributed by atoms with Crippen LogP contribution in [-0.2, 0) is 0 Å². The highest BCUT2D eigenvalue weighted by atomic mass is 15.3. The van der Waals surface area contributed by atoms with E-state index in [4.69, 9.17) is 0 Å². The molecular formula is C16H21N3. The Hall–Kier alpha value is -1.53. The number of likely N-dealkylation sites (tertiary alicyclic amines) is 1. The van der Waals surface area contributed by atoms with Gasteiger partial charge in [-0.2, -0.15) is 5.26 Å². The Kier molecular flexibility index (Phi) is 3.70. The first-order valence-corrected chi connectivity index (χ1v) is 7.36. The fraction of sp³-hybridized carbons (Fsp3) is 0.562. The normalized spacial score (nSPS) is 24.4. The van der Waals surface area contributed by atoms with E-state index >= 15 is 0 Å². The molecule has 2 aliphatic heterocycles. The fourth-order valence-corrected chi connectivity index (χ4v) is 3.39. The highest BCUT2D eigenvalue weighted by molar-refractivity contribution is 5.59. The van der Waals surface area contributed by atoms with Crippen molar-refractivity contribution in [3.05, 3.63) is 29.8 Å². The van der Waals surface area contributed by atoms with Gasteiger partial charge >= 0.3 is 0 Å². The molecule has 0 spiro atoms. The summed E-state index contributed by atoms with van der Waals surface area (Å²) in [5.41, 5.74) is 1.92.